The van der Waals surface area contributed by atoms with E-state index in [1.165, 1.54) is 4.90 Å². The van der Waals surface area contributed by atoms with E-state index >= 15 is 0 Å². The van der Waals surface area contributed by atoms with Crippen LogP contribution in [-0.4, -0.2) is 29.6 Å². The third-order valence-corrected chi connectivity index (χ3v) is 4.13. The van der Waals surface area contributed by atoms with E-state index in [-0.39, 0.29) is 11.8 Å². The van der Waals surface area contributed by atoms with Crippen LogP contribution in [0.25, 0.3) is 0 Å². The smallest absolute Gasteiger partial charge is 0.223 e. The molecule has 0 radical (unpaired) electrons. The van der Waals surface area contributed by atoms with Gasteiger partial charge < -0.3 is 4.90 Å². The van der Waals surface area contributed by atoms with Crippen molar-refractivity contribution >= 4 is 17.7 Å². The molecule has 1 aliphatic rings. The molecule has 0 saturated carbocycles. The number of hydrogen-bond donors (Lipinski definition) is 0. The minimum absolute atomic E-state index is 0.124. The van der Waals surface area contributed by atoms with Crippen molar-refractivity contribution in [1.29, 1.82) is 0 Å². The van der Waals surface area contributed by atoms with Gasteiger partial charge in [-0.05, 0) is 24.3 Å². The van der Waals surface area contributed by atoms with Crippen molar-refractivity contribution < 1.29 is 4.79 Å². The largest absolute Gasteiger partial charge is 0.341 e. The molecule has 1 aliphatic heterocycles. The fourth-order valence-corrected chi connectivity index (χ4v) is 2.92. The van der Waals surface area contributed by atoms with Crippen LogP contribution in [0.5, 0.6) is 0 Å². The molecule has 2 nitrogen and oxygen atoms in total. The second kappa shape index (κ2) is 6.51. The molecular formula is C15H17NOS. The summed E-state index contributed by atoms with van der Waals surface area (Å²) in [5.74, 6) is 4.04. The molecule has 1 fully saturated rings. The van der Waals surface area contributed by atoms with Crippen molar-refractivity contribution in [3.05, 3.63) is 30.3 Å². The van der Waals surface area contributed by atoms with Crippen molar-refractivity contribution in [3.63, 3.8) is 0 Å². The Kier molecular flexibility index (Phi) is 4.72. The Morgan fingerprint density at radius 2 is 2.17 bits per heavy atom. The molecule has 0 N–H and O–H groups in total. The van der Waals surface area contributed by atoms with Crippen molar-refractivity contribution in [2.75, 3.05) is 18.8 Å². The van der Waals surface area contributed by atoms with Gasteiger partial charge in [-0.1, -0.05) is 18.2 Å². The van der Waals surface area contributed by atoms with Gasteiger partial charge in [0.25, 0.3) is 0 Å². The Labute approximate surface area is 113 Å². The van der Waals surface area contributed by atoms with E-state index < -0.39 is 0 Å². The predicted octanol–water partition coefficient (Wildman–Crippen LogP) is 2.65. The summed E-state index contributed by atoms with van der Waals surface area (Å²) in [6.45, 7) is 1.57. The van der Waals surface area contributed by atoms with Crippen LogP contribution in [0.2, 0.25) is 0 Å². The zero-order valence-corrected chi connectivity index (χ0v) is 11.2. The van der Waals surface area contributed by atoms with Crippen LogP contribution in [0, 0.1) is 18.3 Å². The fourth-order valence-electron chi connectivity index (χ4n) is 2.06. The molecule has 1 saturated heterocycles. The first-order valence-corrected chi connectivity index (χ1v) is 7.20. The van der Waals surface area contributed by atoms with E-state index in [9.17, 15) is 4.79 Å². The number of rotatable bonds is 5. The third-order valence-electron chi connectivity index (χ3n) is 3.03. The second-order valence-corrected chi connectivity index (χ2v) is 5.59. The van der Waals surface area contributed by atoms with Crippen LogP contribution < -0.4 is 0 Å². The van der Waals surface area contributed by atoms with Crippen molar-refractivity contribution in [2.45, 2.75) is 17.7 Å². The van der Waals surface area contributed by atoms with Crippen molar-refractivity contribution in [3.8, 4) is 12.3 Å². The van der Waals surface area contributed by atoms with Gasteiger partial charge in [0.2, 0.25) is 5.91 Å². The van der Waals surface area contributed by atoms with Crippen LogP contribution in [0.3, 0.4) is 0 Å². The molecule has 1 unspecified atom stereocenters. The van der Waals surface area contributed by atoms with E-state index in [0.29, 0.717) is 6.42 Å². The van der Waals surface area contributed by atoms with Crippen LogP contribution in [0.15, 0.2) is 35.2 Å². The number of thioether (sulfide) groups is 1. The Bertz CT molecular complexity index is 438. The highest BCUT2D eigenvalue weighted by Gasteiger charge is 2.27. The summed E-state index contributed by atoms with van der Waals surface area (Å²) < 4.78 is 0. The summed E-state index contributed by atoms with van der Waals surface area (Å²) in [4.78, 5) is 14.8. The minimum Gasteiger partial charge on any atom is -0.341 e. The topological polar surface area (TPSA) is 20.3 Å². The summed E-state index contributed by atoms with van der Waals surface area (Å²) in [7, 11) is 0. The Morgan fingerprint density at radius 1 is 1.39 bits per heavy atom. The number of carbonyl (C=O) groups is 1. The maximum atomic E-state index is 11.6. The maximum Gasteiger partial charge on any atom is 0.223 e. The molecule has 18 heavy (non-hydrogen) atoms. The highest BCUT2D eigenvalue weighted by atomic mass is 32.2. The monoisotopic (exact) mass is 259 g/mol. The fraction of sp³-hybridized carbons (Fsp3) is 0.400. The molecule has 94 valence electrons. The SMILES string of the molecule is C#CC1CC(=O)N(CCCSc2ccccc2)C1. The van der Waals surface area contributed by atoms with Gasteiger partial charge in [-0.3, -0.25) is 4.79 Å². The van der Waals surface area contributed by atoms with Gasteiger partial charge in [-0.15, -0.1) is 24.1 Å². The summed E-state index contributed by atoms with van der Waals surface area (Å²) in [5.41, 5.74) is 0. The summed E-state index contributed by atoms with van der Waals surface area (Å²) in [5, 5.41) is 0. The van der Waals surface area contributed by atoms with Crippen LogP contribution in [0.1, 0.15) is 12.8 Å². The van der Waals surface area contributed by atoms with Gasteiger partial charge in [0, 0.05) is 30.3 Å². The molecule has 0 aromatic heterocycles. The Balaban J connectivity index is 1.67. The number of nitrogens with zero attached hydrogens (tertiary/aromatic N) is 1. The average molecular weight is 259 g/mol. The average Bonchev–Trinajstić information content (AvgIpc) is 2.77. The Hall–Kier alpha value is -1.40. The van der Waals surface area contributed by atoms with Gasteiger partial charge in [0.05, 0.1) is 0 Å². The predicted molar refractivity (Wildman–Crippen MR) is 75.3 cm³/mol. The van der Waals surface area contributed by atoms with E-state index in [2.05, 4.69) is 18.1 Å². The highest BCUT2D eigenvalue weighted by molar-refractivity contribution is 7.99. The quantitative estimate of drug-likeness (QED) is 0.460. The molecule has 1 aromatic rings. The van der Waals surface area contributed by atoms with Gasteiger partial charge in [-0.25, -0.2) is 0 Å². The standard InChI is InChI=1S/C15H17NOS/c1-2-13-11-15(17)16(12-13)9-6-10-18-14-7-4-3-5-8-14/h1,3-5,7-8,13H,6,9-12H2. The zero-order chi connectivity index (χ0) is 12.8. The molecule has 1 heterocycles. The number of hydrogen-bond acceptors (Lipinski definition) is 2. The first-order valence-electron chi connectivity index (χ1n) is 6.21. The third kappa shape index (κ3) is 3.54. The molecule has 1 atom stereocenters. The lowest BCUT2D eigenvalue weighted by Crippen LogP contribution is -2.26. The first-order chi connectivity index (χ1) is 8.79. The van der Waals surface area contributed by atoms with E-state index in [0.717, 1.165) is 25.3 Å². The molecule has 0 bridgehead atoms. The molecule has 1 amide bonds. The summed E-state index contributed by atoms with van der Waals surface area (Å²) in [6, 6.07) is 10.3. The number of benzene rings is 1. The van der Waals surface area contributed by atoms with Crippen molar-refractivity contribution in [2.24, 2.45) is 5.92 Å². The minimum atomic E-state index is 0.124. The van der Waals surface area contributed by atoms with E-state index in [1.54, 1.807) is 0 Å². The lowest BCUT2D eigenvalue weighted by atomic mass is 10.1. The van der Waals surface area contributed by atoms with E-state index in [1.807, 2.05) is 34.9 Å². The first kappa shape index (κ1) is 13.0. The van der Waals surface area contributed by atoms with Gasteiger partial charge >= 0.3 is 0 Å². The molecule has 2 rings (SSSR count). The zero-order valence-electron chi connectivity index (χ0n) is 10.3. The van der Waals surface area contributed by atoms with E-state index in [4.69, 9.17) is 6.42 Å². The molecule has 3 heteroatoms. The highest BCUT2D eigenvalue weighted by Crippen LogP contribution is 2.20. The lowest BCUT2D eigenvalue weighted by molar-refractivity contribution is -0.127. The van der Waals surface area contributed by atoms with Gasteiger partial charge in [0.15, 0.2) is 0 Å². The molecular weight excluding hydrogens is 242 g/mol. The number of likely N-dealkylation sites (tertiary alicyclic amines) is 1. The summed E-state index contributed by atoms with van der Waals surface area (Å²) >= 11 is 1.83. The van der Waals surface area contributed by atoms with Gasteiger partial charge in [-0.2, -0.15) is 0 Å². The Morgan fingerprint density at radius 3 is 2.83 bits per heavy atom. The maximum absolute atomic E-state index is 11.6. The van der Waals surface area contributed by atoms with Crippen LogP contribution in [0.4, 0.5) is 0 Å². The van der Waals surface area contributed by atoms with Crippen LogP contribution in [-0.2, 0) is 4.79 Å². The van der Waals surface area contributed by atoms with Gasteiger partial charge in [0.1, 0.15) is 0 Å². The summed E-state index contributed by atoms with van der Waals surface area (Å²) in [6.07, 6.45) is 6.90. The van der Waals surface area contributed by atoms with Crippen molar-refractivity contribution in [1.82, 2.24) is 4.90 Å². The molecule has 0 aliphatic carbocycles. The number of carbonyl (C=O) groups excluding carboxylic acids is 1. The second-order valence-electron chi connectivity index (χ2n) is 4.42. The number of amides is 1. The van der Waals surface area contributed by atoms with Crippen LogP contribution >= 0.6 is 11.8 Å². The lowest BCUT2D eigenvalue weighted by Gasteiger charge is -2.15. The normalized spacial score (nSPS) is 18.9. The molecule has 1 aromatic carbocycles. The molecule has 0 spiro atoms. The number of terminal acetylenes is 1.